The molecule has 4 aliphatic heterocycles. The van der Waals surface area contributed by atoms with Crippen LogP contribution >= 0.6 is 16.1 Å². The SMILES string of the molecule is C=CC1C2CC[NH+]1[C@H]([C@H](O)c1ccnc3ccc(OC)cc13)C2.C=CC1C2CC[NH+]1[C@H]([C@H](O)c1ccnc3ccc(OC)cc13)C2.O=[P+]([O-])[C@@H](N[C@@H](c1ccccc1)[P+](=O)[O-])c1ccccc1. The van der Waals surface area contributed by atoms with Crippen LogP contribution in [0.2, 0.25) is 0 Å². The fourth-order valence-corrected chi connectivity index (χ4v) is 12.7. The van der Waals surface area contributed by atoms with E-state index in [4.69, 9.17) is 9.47 Å². The highest BCUT2D eigenvalue weighted by molar-refractivity contribution is 7.38. The predicted octanol–water partition coefficient (Wildman–Crippen LogP) is 5.20. The number of nitrogens with zero attached hydrogens (tertiary/aromatic N) is 2. The first-order valence-electron chi connectivity index (χ1n) is 22.9. The molecule has 4 aliphatic rings. The van der Waals surface area contributed by atoms with Crippen LogP contribution in [-0.2, 0) is 9.13 Å². The van der Waals surface area contributed by atoms with Gasteiger partial charge in [-0.3, -0.25) is 9.97 Å². The van der Waals surface area contributed by atoms with E-state index in [0.29, 0.717) is 35.0 Å². The van der Waals surface area contributed by atoms with Crippen molar-refractivity contribution < 1.29 is 48.4 Å². The molecule has 0 aliphatic carbocycles. The molecule has 2 aromatic heterocycles. The molecule has 4 aromatic carbocycles. The molecule has 0 amide bonds. The summed E-state index contributed by atoms with van der Waals surface area (Å²) in [6.45, 7) is 10.3. The number of aliphatic hydroxyl groups excluding tert-OH is 2. The molecule has 6 heterocycles. The normalized spacial score (nSPS) is 25.7. The maximum absolute atomic E-state index is 11.5. The summed E-state index contributed by atoms with van der Waals surface area (Å²) in [7, 11) is -2.41. The molecule has 0 radical (unpaired) electrons. The second-order valence-corrected chi connectivity index (χ2v) is 19.9. The van der Waals surface area contributed by atoms with E-state index in [1.165, 1.54) is 22.6 Å². The number of benzene rings is 4. The van der Waals surface area contributed by atoms with E-state index in [2.05, 4.69) is 40.6 Å². The molecule has 14 atom stereocenters. The number of quaternary nitrogens is 2. The number of pyridine rings is 2. The quantitative estimate of drug-likeness (QED) is 0.0715. The molecule has 0 saturated carbocycles. The van der Waals surface area contributed by atoms with Crippen molar-refractivity contribution in [3.63, 3.8) is 0 Å². The summed E-state index contributed by atoms with van der Waals surface area (Å²) in [5.41, 5.74) is 4.73. The first-order chi connectivity index (χ1) is 32.5. The van der Waals surface area contributed by atoms with Crippen molar-refractivity contribution in [2.45, 2.75) is 73.6 Å². The third kappa shape index (κ3) is 10.3. The van der Waals surface area contributed by atoms with Crippen LogP contribution in [0, 0.1) is 11.8 Å². The monoisotopic (exact) mass is 943 g/mol. The van der Waals surface area contributed by atoms with Crippen LogP contribution in [0.15, 0.2) is 147 Å². The van der Waals surface area contributed by atoms with Gasteiger partial charge < -0.3 is 39.3 Å². The summed E-state index contributed by atoms with van der Waals surface area (Å²) in [4.78, 5) is 34.7. The molecular formula is C52H59N5O8P2+2. The van der Waals surface area contributed by atoms with Gasteiger partial charge in [-0.25, -0.2) is 5.32 Å². The lowest BCUT2D eigenvalue weighted by atomic mass is 9.90. The third-order valence-corrected chi connectivity index (χ3v) is 16.1. The largest absolute Gasteiger partial charge is 0.594 e. The van der Waals surface area contributed by atoms with Gasteiger partial charge in [0, 0.05) is 71.8 Å². The van der Waals surface area contributed by atoms with Crippen molar-refractivity contribution in [2.75, 3.05) is 27.3 Å². The molecule has 4 fully saturated rings. The maximum atomic E-state index is 11.5. The molecule has 10 rings (SSSR count). The lowest BCUT2D eigenvalue weighted by molar-refractivity contribution is -0.925. The fourth-order valence-electron chi connectivity index (χ4n) is 11.2. The average molecular weight is 944 g/mol. The zero-order chi connectivity index (χ0) is 47.2. The van der Waals surface area contributed by atoms with Crippen molar-refractivity contribution in [3.05, 3.63) is 169 Å². The lowest BCUT2D eigenvalue weighted by Gasteiger charge is -2.28. The standard InChI is InChI=1S/2C19H22N2O2.C14H13NO4P2/c2*1-3-17-12-7-9-21(17)18(10-12)19(22)14-6-8-20-16-5-4-13(23-2)11-15(14)16;16-20(17)13(11-7-3-1-4-8-11)15-14(21(18)19)12-9-5-2-6-10-12/h2*3-6,8,11-12,17-19,22H,1,7,9-10H2,2H3;1-10,13-15H/p+2/t2*12?,17?,18-,19+;13-,14-/m001/s1. The molecule has 0 spiro atoms. The molecule has 348 valence electrons. The Labute approximate surface area is 393 Å². The molecule has 5 N–H and O–H groups in total. The Kier molecular flexibility index (Phi) is 15.6. The molecular weight excluding hydrogens is 885 g/mol. The van der Waals surface area contributed by atoms with Gasteiger partial charge in [0.25, 0.3) is 0 Å². The van der Waals surface area contributed by atoms with E-state index in [0.717, 1.165) is 70.4 Å². The number of methoxy groups -OCH3 is 2. The summed E-state index contributed by atoms with van der Waals surface area (Å²) >= 11 is 0. The van der Waals surface area contributed by atoms with Crippen LogP contribution < -0.4 is 34.4 Å². The molecule has 8 unspecified atom stereocenters. The van der Waals surface area contributed by atoms with E-state index in [9.17, 15) is 29.1 Å². The summed E-state index contributed by atoms with van der Waals surface area (Å²) in [5.74, 6) is 0.820. The fraction of sp³-hybridized carbons (Fsp3) is 0.346. The van der Waals surface area contributed by atoms with E-state index in [1.54, 1.807) is 87.3 Å². The first kappa shape index (κ1) is 48.2. The summed E-state index contributed by atoms with van der Waals surface area (Å²) in [5, 5.41) is 26.8. The van der Waals surface area contributed by atoms with E-state index >= 15 is 0 Å². The molecule has 4 bridgehead atoms. The van der Waals surface area contributed by atoms with E-state index in [1.807, 2.05) is 48.5 Å². The van der Waals surface area contributed by atoms with Gasteiger partial charge in [-0.1, -0.05) is 83.0 Å². The Balaban J connectivity index is 0.000000136. The Bertz CT molecular complexity index is 2520. The Morgan fingerprint density at radius 2 is 1.06 bits per heavy atom. The lowest BCUT2D eigenvalue weighted by Crippen LogP contribution is -3.16. The number of aromatic nitrogens is 2. The molecule has 6 aromatic rings. The number of aliphatic hydroxyl groups is 2. The molecule has 4 saturated heterocycles. The highest BCUT2D eigenvalue weighted by atomic mass is 31.1. The summed E-state index contributed by atoms with van der Waals surface area (Å²) < 4.78 is 33.6. The van der Waals surface area contributed by atoms with Crippen molar-refractivity contribution in [2.24, 2.45) is 11.8 Å². The van der Waals surface area contributed by atoms with Crippen molar-refractivity contribution in [1.29, 1.82) is 0 Å². The van der Waals surface area contributed by atoms with Crippen LogP contribution in [-0.4, -0.2) is 71.7 Å². The van der Waals surface area contributed by atoms with Crippen molar-refractivity contribution in [1.82, 2.24) is 15.3 Å². The zero-order valence-electron chi connectivity index (χ0n) is 37.8. The first-order valence-corrected chi connectivity index (χ1v) is 25.3. The Hall–Kier alpha value is -5.30. The molecule has 13 nitrogen and oxygen atoms in total. The van der Waals surface area contributed by atoms with Gasteiger partial charge in [0.1, 0.15) is 47.9 Å². The van der Waals surface area contributed by atoms with Crippen molar-refractivity contribution in [3.8, 4) is 11.5 Å². The van der Waals surface area contributed by atoms with Gasteiger partial charge in [0.05, 0.1) is 38.3 Å². The number of hydrogen-bond acceptors (Lipinski definition) is 11. The van der Waals surface area contributed by atoms with Gasteiger partial charge in [-0.15, -0.1) is 0 Å². The predicted molar refractivity (Wildman–Crippen MR) is 256 cm³/mol. The Morgan fingerprint density at radius 1 is 0.657 bits per heavy atom. The van der Waals surface area contributed by atoms with E-state index < -0.39 is 39.8 Å². The van der Waals surface area contributed by atoms with Gasteiger partial charge in [0.15, 0.2) is 0 Å². The number of rotatable bonds is 14. The average Bonchev–Trinajstić information content (AvgIpc) is 4.15. The van der Waals surface area contributed by atoms with Gasteiger partial charge in [0.2, 0.25) is 11.6 Å². The third-order valence-electron chi connectivity index (χ3n) is 14.4. The summed E-state index contributed by atoms with van der Waals surface area (Å²) in [6, 6.07) is 34.0. The minimum Gasteiger partial charge on any atom is -0.594 e. The van der Waals surface area contributed by atoms with Gasteiger partial charge >= 0.3 is 16.1 Å². The number of nitrogens with one attached hydrogen (secondary N) is 3. The summed E-state index contributed by atoms with van der Waals surface area (Å²) in [6.07, 6.45) is 11.4. The van der Waals surface area contributed by atoms with Gasteiger partial charge in [-0.05, 0) is 71.8 Å². The number of ether oxygens (including phenoxy) is 2. The smallest absolute Gasteiger partial charge is 0.333 e. The van der Waals surface area contributed by atoms with E-state index in [-0.39, 0.29) is 12.1 Å². The van der Waals surface area contributed by atoms with Crippen LogP contribution in [0.4, 0.5) is 0 Å². The van der Waals surface area contributed by atoms with Crippen LogP contribution in [0.1, 0.15) is 71.7 Å². The van der Waals surface area contributed by atoms with Crippen LogP contribution in [0.3, 0.4) is 0 Å². The zero-order valence-corrected chi connectivity index (χ0v) is 39.6. The topological polar surface area (TPSA) is 186 Å². The Morgan fingerprint density at radius 3 is 1.40 bits per heavy atom. The van der Waals surface area contributed by atoms with Gasteiger partial charge in [-0.2, -0.15) is 0 Å². The van der Waals surface area contributed by atoms with Crippen LogP contribution in [0.5, 0.6) is 11.5 Å². The molecule has 15 heteroatoms. The second-order valence-electron chi connectivity index (χ2n) is 17.8. The highest BCUT2D eigenvalue weighted by Crippen LogP contribution is 2.41. The number of piperidine rings is 2. The number of hydrogen-bond donors (Lipinski definition) is 5. The highest BCUT2D eigenvalue weighted by Gasteiger charge is 2.53. The molecule has 67 heavy (non-hydrogen) atoms. The minimum atomic E-state index is -2.87. The number of fused-ring (bicyclic) bond motifs is 6. The minimum absolute atomic E-state index is 0.244. The van der Waals surface area contributed by atoms with Crippen molar-refractivity contribution >= 4 is 37.9 Å². The van der Waals surface area contributed by atoms with Crippen LogP contribution in [0.25, 0.3) is 21.8 Å². The second kappa shape index (κ2) is 21.8. The maximum Gasteiger partial charge on any atom is 0.333 e.